The SMILES string of the molecule is N#CCCCOc1cccc(CC(=O)O)c1.O=C(O)Cc1cccc(O)c1. The molecule has 0 saturated heterocycles. The summed E-state index contributed by atoms with van der Waals surface area (Å²) in [7, 11) is 0. The van der Waals surface area contributed by atoms with Crippen LogP contribution in [-0.4, -0.2) is 33.9 Å². The van der Waals surface area contributed by atoms with Crippen molar-refractivity contribution < 1.29 is 29.6 Å². The maximum atomic E-state index is 10.5. The van der Waals surface area contributed by atoms with Crippen LogP contribution in [0, 0.1) is 11.3 Å². The molecule has 0 spiro atoms. The Bertz CT molecular complexity index is 797. The van der Waals surface area contributed by atoms with Gasteiger partial charge in [-0.3, -0.25) is 9.59 Å². The Labute approximate surface area is 157 Å². The molecule has 0 aliphatic rings. The van der Waals surface area contributed by atoms with Gasteiger partial charge in [0.15, 0.2) is 0 Å². The third kappa shape index (κ3) is 10.1. The normalized spacial score (nSPS) is 9.44. The van der Waals surface area contributed by atoms with E-state index in [4.69, 9.17) is 25.3 Å². The largest absolute Gasteiger partial charge is 0.508 e. The summed E-state index contributed by atoms with van der Waals surface area (Å²) >= 11 is 0. The van der Waals surface area contributed by atoms with Gasteiger partial charge in [0.25, 0.3) is 0 Å². The Balaban J connectivity index is 0.000000289. The van der Waals surface area contributed by atoms with Crippen molar-refractivity contribution in [1.82, 2.24) is 0 Å². The van der Waals surface area contributed by atoms with E-state index in [1.807, 2.05) is 6.07 Å². The molecule has 0 heterocycles. The fourth-order valence-corrected chi connectivity index (χ4v) is 2.10. The van der Waals surface area contributed by atoms with Crippen LogP contribution in [0.1, 0.15) is 24.0 Å². The van der Waals surface area contributed by atoms with E-state index in [1.54, 1.807) is 36.4 Å². The highest BCUT2D eigenvalue weighted by atomic mass is 16.5. The third-order valence-electron chi connectivity index (χ3n) is 3.22. The smallest absolute Gasteiger partial charge is 0.307 e. The molecule has 2 aromatic rings. The van der Waals surface area contributed by atoms with Crippen molar-refractivity contribution in [1.29, 1.82) is 5.26 Å². The first-order chi connectivity index (χ1) is 12.9. The van der Waals surface area contributed by atoms with E-state index in [0.29, 0.717) is 36.3 Å². The molecule has 0 aliphatic heterocycles. The van der Waals surface area contributed by atoms with Gasteiger partial charge >= 0.3 is 11.9 Å². The minimum Gasteiger partial charge on any atom is -0.508 e. The number of hydrogen-bond acceptors (Lipinski definition) is 5. The molecule has 0 aliphatic carbocycles. The van der Waals surface area contributed by atoms with E-state index in [2.05, 4.69) is 0 Å². The van der Waals surface area contributed by atoms with E-state index >= 15 is 0 Å². The van der Waals surface area contributed by atoms with E-state index in [1.165, 1.54) is 12.1 Å². The molecule has 7 heteroatoms. The molecule has 0 aromatic heterocycles. The molecule has 0 fully saturated rings. The summed E-state index contributed by atoms with van der Waals surface area (Å²) in [4.78, 5) is 20.7. The number of rotatable bonds is 8. The summed E-state index contributed by atoms with van der Waals surface area (Å²) in [5, 5.41) is 34.3. The minimum absolute atomic E-state index is 0.00457. The number of ether oxygens (including phenoxy) is 1. The summed E-state index contributed by atoms with van der Waals surface area (Å²) in [5.74, 6) is -1.00. The lowest BCUT2D eigenvalue weighted by molar-refractivity contribution is -0.137. The van der Waals surface area contributed by atoms with Crippen LogP contribution in [-0.2, 0) is 22.4 Å². The van der Waals surface area contributed by atoms with Crippen molar-refractivity contribution in [2.75, 3.05) is 6.61 Å². The Morgan fingerprint density at radius 3 is 2.11 bits per heavy atom. The van der Waals surface area contributed by atoms with Crippen molar-refractivity contribution >= 4 is 11.9 Å². The van der Waals surface area contributed by atoms with Crippen LogP contribution in [0.3, 0.4) is 0 Å². The van der Waals surface area contributed by atoms with Gasteiger partial charge in [0, 0.05) is 6.42 Å². The molecule has 0 saturated carbocycles. The highest BCUT2D eigenvalue weighted by Crippen LogP contribution is 2.14. The number of carboxylic acids is 2. The highest BCUT2D eigenvalue weighted by molar-refractivity contribution is 5.70. The third-order valence-corrected chi connectivity index (χ3v) is 3.22. The molecule has 27 heavy (non-hydrogen) atoms. The Kier molecular flexibility index (Phi) is 9.50. The number of aromatic hydroxyl groups is 1. The van der Waals surface area contributed by atoms with Crippen molar-refractivity contribution in [3.8, 4) is 17.6 Å². The quantitative estimate of drug-likeness (QED) is 0.608. The van der Waals surface area contributed by atoms with Crippen LogP contribution in [0.5, 0.6) is 11.5 Å². The van der Waals surface area contributed by atoms with Gasteiger partial charge in [-0.25, -0.2) is 0 Å². The van der Waals surface area contributed by atoms with Gasteiger partial charge in [0.2, 0.25) is 0 Å². The first-order valence-corrected chi connectivity index (χ1v) is 8.21. The van der Waals surface area contributed by atoms with E-state index in [-0.39, 0.29) is 18.6 Å². The predicted molar refractivity (Wildman–Crippen MR) is 97.6 cm³/mol. The number of aliphatic carboxylic acids is 2. The summed E-state index contributed by atoms with van der Waals surface area (Å²) in [6.45, 7) is 0.476. The van der Waals surface area contributed by atoms with Crippen molar-refractivity contribution in [2.45, 2.75) is 25.7 Å². The summed E-state index contributed by atoms with van der Waals surface area (Å²) < 4.78 is 5.39. The number of unbranched alkanes of at least 4 members (excludes halogenated alkanes) is 1. The number of carboxylic acid groups (broad SMARTS) is 2. The maximum absolute atomic E-state index is 10.5. The molecule has 0 atom stereocenters. The molecule has 0 unspecified atom stereocenters. The van der Waals surface area contributed by atoms with E-state index in [9.17, 15) is 9.59 Å². The van der Waals surface area contributed by atoms with Gasteiger partial charge in [-0.1, -0.05) is 24.3 Å². The van der Waals surface area contributed by atoms with Crippen LogP contribution < -0.4 is 4.74 Å². The first-order valence-electron chi connectivity index (χ1n) is 8.21. The van der Waals surface area contributed by atoms with Crippen molar-refractivity contribution in [3.05, 3.63) is 59.7 Å². The Morgan fingerprint density at radius 2 is 1.56 bits per heavy atom. The second-order valence-electron chi connectivity index (χ2n) is 5.57. The second-order valence-corrected chi connectivity index (χ2v) is 5.57. The molecule has 0 bridgehead atoms. The number of nitriles is 1. The average Bonchev–Trinajstić information content (AvgIpc) is 2.59. The number of hydrogen-bond donors (Lipinski definition) is 3. The molecular formula is C20H21NO6. The molecule has 2 aromatic carbocycles. The highest BCUT2D eigenvalue weighted by Gasteiger charge is 2.02. The standard InChI is InChI=1S/C12H13NO3.C8H8O3/c13-6-1-2-7-16-11-5-3-4-10(8-11)9-12(14)15;9-7-3-1-2-6(4-7)5-8(10)11/h3-5,8H,1-2,7,9H2,(H,14,15);1-4,9H,5H2,(H,10,11). The zero-order valence-electron chi connectivity index (χ0n) is 14.7. The van der Waals surface area contributed by atoms with E-state index in [0.717, 1.165) is 0 Å². The maximum Gasteiger partial charge on any atom is 0.307 e. The van der Waals surface area contributed by atoms with Crippen molar-refractivity contribution in [2.24, 2.45) is 0 Å². The number of phenols is 1. The monoisotopic (exact) mass is 371 g/mol. The first kappa shape index (κ1) is 21.5. The molecule has 142 valence electrons. The molecule has 7 nitrogen and oxygen atoms in total. The van der Waals surface area contributed by atoms with Gasteiger partial charge in [0.1, 0.15) is 11.5 Å². The van der Waals surface area contributed by atoms with Crippen LogP contribution >= 0.6 is 0 Å². The summed E-state index contributed by atoms with van der Waals surface area (Å²) in [6.07, 6.45) is 1.10. The molecule has 0 amide bonds. The van der Waals surface area contributed by atoms with Gasteiger partial charge < -0.3 is 20.1 Å². The fraction of sp³-hybridized carbons (Fsp3) is 0.250. The van der Waals surface area contributed by atoms with Crippen LogP contribution in [0.2, 0.25) is 0 Å². The number of benzene rings is 2. The fourth-order valence-electron chi connectivity index (χ4n) is 2.10. The summed E-state index contributed by atoms with van der Waals surface area (Å²) in [5.41, 5.74) is 1.32. The van der Waals surface area contributed by atoms with Crippen LogP contribution in [0.25, 0.3) is 0 Å². The van der Waals surface area contributed by atoms with Gasteiger partial charge in [-0.05, 0) is 41.8 Å². The number of carbonyl (C=O) groups is 2. The lowest BCUT2D eigenvalue weighted by Gasteiger charge is -2.05. The molecule has 0 radical (unpaired) electrons. The zero-order valence-corrected chi connectivity index (χ0v) is 14.7. The van der Waals surface area contributed by atoms with Crippen molar-refractivity contribution in [3.63, 3.8) is 0 Å². The summed E-state index contributed by atoms with van der Waals surface area (Å²) in [6, 6.07) is 15.2. The molecule has 3 N–H and O–H groups in total. The lowest BCUT2D eigenvalue weighted by Crippen LogP contribution is -2.01. The van der Waals surface area contributed by atoms with Gasteiger partial charge in [0.05, 0.1) is 25.5 Å². The molecular weight excluding hydrogens is 350 g/mol. The minimum atomic E-state index is -0.893. The molecule has 2 rings (SSSR count). The second kappa shape index (κ2) is 11.9. The zero-order chi connectivity index (χ0) is 20.1. The Morgan fingerprint density at radius 1 is 0.963 bits per heavy atom. The van der Waals surface area contributed by atoms with Crippen LogP contribution in [0.4, 0.5) is 0 Å². The Hall–Kier alpha value is -3.53. The number of phenolic OH excluding ortho intramolecular Hbond substituents is 1. The topological polar surface area (TPSA) is 128 Å². The van der Waals surface area contributed by atoms with Gasteiger partial charge in [-0.2, -0.15) is 5.26 Å². The number of nitrogens with zero attached hydrogens (tertiary/aromatic N) is 1. The van der Waals surface area contributed by atoms with Gasteiger partial charge in [-0.15, -0.1) is 0 Å². The van der Waals surface area contributed by atoms with Crippen LogP contribution in [0.15, 0.2) is 48.5 Å². The van der Waals surface area contributed by atoms with E-state index < -0.39 is 11.9 Å². The average molecular weight is 371 g/mol. The lowest BCUT2D eigenvalue weighted by atomic mass is 10.1. The predicted octanol–water partition coefficient (Wildman–Crippen LogP) is 3.02.